The molecule has 0 spiro atoms. The zero-order valence-corrected chi connectivity index (χ0v) is 12.6. The summed E-state index contributed by atoms with van der Waals surface area (Å²) in [5.41, 5.74) is 1.60. The molecular weight excluding hydrogens is 295 g/mol. The summed E-state index contributed by atoms with van der Waals surface area (Å²) in [5, 5.41) is 14.1. The highest BCUT2D eigenvalue weighted by Gasteiger charge is 2.26. The fourth-order valence-corrected chi connectivity index (χ4v) is 3.43. The van der Waals surface area contributed by atoms with E-state index < -0.39 is 0 Å². The second kappa shape index (κ2) is 5.74. The third-order valence-corrected chi connectivity index (χ3v) is 4.52. The van der Waals surface area contributed by atoms with Gasteiger partial charge in [-0.25, -0.2) is 4.73 Å². The predicted octanol–water partition coefficient (Wildman–Crippen LogP) is 4.31. The lowest BCUT2D eigenvalue weighted by atomic mass is 9.85. The van der Waals surface area contributed by atoms with Gasteiger partial charge in [0.1, 0.15) is 11.6 Å². The maximum Gasteiger partial charge on any atom is 0.317 e. The van der Waals surface area contributed by atoms with Crippen molar-refractivity contribution in [2.45, 2.75) is 43.9 Å². The van der Waals surface area contributed by atoms with E-state index in [9.17, 15) is 5.21 Å². The second-order valence-corrected chi connectivity index (χ2v) is 6.04. The highest BCUT2D eigenvalue weighted by molar-refractivity contribution is 6.31. The average molecular weight is 311 g/mol. The number of nitrogens with zero attached hydrogens (tertiary/aromatic N) is 2. The molecule has 0 amide bonds. The monoisotopic (exact) mass is 310 g/mol. The van der Waals surface area contributed by atoms with E-state index in [1.165, 1.54) is 19.3 Å². The zero-order chi connectivity index (χ0) is 14.1. The molecule has 2 aromatic rings. The topological polar surface area (TPSA) is 39.8 Å². The summed E-state index contributed by atoms with van der Waals surface area (Å²) in [6.45, 7) is 0. The number of hydrogen-bond acceptors (Lipinski definition) is 2. The van der Waals surface area contributed by atoms with Gasteiger partial charge in [-0.3, -0.25) is 0 Å². The minimum absolute atomic E-state index is 0.127. The van der Waals surface area contributed by atoms with Crippen molar-refractivity contribution in [3.05, 3.63) is 39.9 Å². The molecule has 1 saturated carbocycles. The minimum Gasteiger partial charge on any atom is -0.710 e. The van der Waals surface area contributed by atoms with Gasteiger partial charge in [0, 0.05) is 10.9 Å². The van der Waals surface area contributed by atoms with E-state index in [2.05, 4.69) is 4.98 Å². The number of alkyl halides is 1. The molecule has 106 valence electrons. The minimum atomic E-state index is 0.127. The Morgan fingerprint density at radius 1 is 1.25 bits per heavy atom. The maximum absolute atomic E-state index is 12.6. The van der Waals surface area contributed by atoms with Gasteiger partial charge in [-0.15, -0.1) is 11.6 Å². The van der Waals surface area contributed by atoms with Crippen molar-refractivity contribution < 1.29 is 4.73 Å². The first kappa shape index (κ1) is 13.9. The van der Waals surface area contributed by atoms with Crippen molar-refractivity contribution in [2.75, 3.05) is 0 Å². The normalized spacial score (nSPS) is 16.7. The van der Waals surface area contributed by atoms with Gasteiger partial charge >= 0.3 is 5.82 Å². The summed E-state index contributed by atoms with van der Waals surface area (Å²) in [6.07, 6.45) is 5.70. The van der Waals surface area contributed by atoms with E-state index in [-0.39, 0.29) is 11.8 Å². The largest absolute Gasteiger partial charge is 0.710 e. The molecule has 0 unspecified atom stereocenters. The Morgan fingerprint density at radius 2 is 2.00 bits per heavy atom. The number of benzene rings is 1. The van der Waals surface area contributed by atoms with Gasteiger partial charge in [-0.1, -0.05) is 30.9 Å². The van der Waals surface area contributed by atoms with Crippen LogP contribution in [0, 0.1) is 5.21 Å². The van der Waals surface area contributed by atoms with Crippen LogP contribution in [-0.4, -0.2) is 4.98 Å². The molecule has 1 aliphatic carbocycles. The number of fused-ring (bicyclic) bond motifs is 1. The quantitative estimate of drug-likeness (QED) is 0.471. The molecule has 0 aliphatic heterocycles. The molecule has 0 radical (unpaired) electrons. The molecule has 0 N–H and O–H groups in total. The molecule has 0 atom stereocenters. The van der Waals surface area contributed by atoms with Gasteiger partial charge in [-0.2, -0.15) is 0 Å². The zero-order valence-electron chi connectivity index (χ0n) is 11.1. The maximum atomic E-state index is 12.6. The number of halogens is 2. The van der Waals surface area contributed by atoms with Gasteiger partial charge in [-0.05, 0) is 36.0 Å². The number of rotatable bonds is 2. The molecule has 1 fully saturated rings. The predicted molar refractivity (Wildman–Crippen MR) is 81.1 cm³/mol. The van der Waals surface area contributed by atoms with Gasteiger partial charge in [0.15, 0.2) is 5.52 Å². The lowest BCUT2D eigenvalue weighted by molar-refractivity contribution is -0.625. The van der Waals surface area contributed by atoms with Crippen LogP contribution in [0.25, 0.3) is 10.9 Å². The van der Waals surface area contributed by atoms with E-state index in [0.717, 1.165) is 34.2 Å². The van der Waals surface area contributed by atoms with E-state index in [4.69, 9.17) is 23.2 Å². The van der Waals surface area contributed by atoms with Crippen LogP contribution in [0.4, 0.5) is 0 Å². The molecule has 1 aromatic carbocycles. The van der Waals surface area contributed by atoms with Crippen LogP contribution in [0.1, 0.15) is 49.5 Å². The molecule has 3 rings (SSSR count). The summed E-state index contributed by atoms with van der Waals surface area (Å²) in [4.78, 5) is 4.35. The third kappa shape index (κ3) is 2.45. The highest BCUT2D eigenvalue weighted by Crippen LogP contribution is 2.35. The molecule has 0 saturated heterocycles. The van der Waals surface area contributed by atoms with Crippen molar-refractivity contribution in [2.24, 2.45) is 0 Å². The average Bonchev–Trinajstić information content (AvgIpc) is 2.47. The van der Waals surface area contributed by atoms with Crippen LogP contribution in [0.5, 0.6) is 0 Å². The first-order valence-electron chi connectivity index (χ1n) is 6.98. The summed E-state index contributed by atoms with van der Waals surface area (Å²) in [5.74, 6) is 0.788. The van der Waals surface area contributed by atoms with Gasteiger partial charge in [0.25, 0.3) is 0 Å². The number of aromatic nitrogens is 2. The standard InChI is InChI=1S/C15H16Cl2N2O/c16-9-14-18-13-7-6-11(17)8-12(13)15(19(14)20)10-4-2-1-3-5-10/h6-8,10H,1-5,9H2. The van der Waals surface area contributed by atoms with Gasteiger partial charge < -0.3 is 5.21 Å². The Labute approximate surface area is 128 Å². The third-order valence-electron chi connectivity index (χ3n) is 4.05. The van der Waals surface area contributed by atoms with Crippen LogP contribution < -0.4 is 4.73 Å². The Balaban J connectivity index is 2.24. The van der Waals surface area contributed by atoms with Crippen LogP contribution in [0.3, 0.4) is 0 Å². The van der Waals surface area contributed by atoms with Crippen molar-refractivity contribution in [1.82, 2.24) is 4.98 Å². The first-order chi connectivity index (χ1) is 9.70. The number of hydrogen-bond donors (Lipinski definition) is 0. The molecule has 1 aliphatic rings. The Morgan fingerprint density at radius 3 is 2.70 bits per heavy atom. The highest BCUT2D eigenvalue weighted by atomic mass is 35.5. The van der Waals surface area contributed by atoms with Crippen molar-refractivity contribution >= 4 is 34.1 Å². The molecule has 0 bridgehead atoms. The van der Waals surface area contributed by atoms with Crippen LogP contribution >= 0.6 is 23.2 Å². The van der Waals surface area contributed by atoms with Gasteiger partial charge in [0.2, 0.25) is 0 Å². The fourth-order valence-electron chi connectivity index (χ4n) is 3.09. The first-order valence-corrected chi connectivity index (χ1v) is 7.89. The molecule has 1 aromatic heterocycles. The van der Waals surface area contributed by atoms with Crippen molar-refractivity contribution in [3.8, 4) is 0 Å². The molecule has 1 heterocycles. The molecule has 20 heavy (non-hydrogen) atoms. The summed E-state index contributed by atoms with van der Waals surface area (Å²) in [7, 11) is 0. The van der Waals surface area contributed by atoms with Crippen LogP contribution in [-0.2, 0) is 5.88 Å². The molecule has 3 nitrogen and oxygen atoms in total. The lowest BCUT2D eigenvalue weighted by Gasteiger charge is -2.24. The summed E-state index contributed by atoms with van der Waals surface area (Å²) >= 11 is 12.0. The Kier molecular flexibility index (Phi) is 3.99. The summed E-state index contributed by atoms with van der Waals surface area (Å²) in [6, 6.07) is 5.51. The van der Waals surface area contributed by atoms with Crippen LogP contribution in [0.2, 0.25) is 5.02 Å². The van der Waals surface area contributed by atoms with Crippen molar-refractivity contribution in [1.29, 1.82) is 0 Å². The lowest BCUT2D eigenvalue weighted by Crippen LogP contribution is -2.39. The second-order valence-electron chi connectivity index (χ2n) is 5.34. The van der Waals surface area contributed by atoms with E-state index in [1.807, 2.05) is 12.1 Å². The smallest absolute Gasteiger partial charge is 0.317 e. The molecular formula is C15H16Cl2N2O. The Hall–Kier alpha value is -1.06. The molecule has 5 heteroatoms. The fraction of sp³-hybridized carbons (Fsp3) is 0.467. The van der Waals surface area contributed by atoms with Crippen LogP contribution in [0.15, 0.2) is 18.2 Å². The van der Waals surface area contributed by atoms with Crippen molar-refractivity contribution in [3.63, 3.8) is 0 Å². The summed E-state index contributed by atoms with van der Waals surface area (Å²) < 4.78 is 0.932. The van der Waals surface area contributed by atoms with E-state index >= 15 is 0 Å². The van der Waals surface area contributed by atoms with E-state index in [1.54, 1.807) is 6.07 Å². The van der Waals surface area contributed by atoms with E-state index in [0.29, 0.717) is 10.8 Å². The SMILES string of the molecule is [O-][n+]1c(CCl)nc2ccc(Cl)cc2c1C1CCCCC1. The Bertz CT molecular complexity index is 639. The van der Waals surface area contributed by atoms with Gasteiger partial charge in [0.05, 0.1) is 5.39 Å².